The highest BCUT2D eigenvalue weighted by molar-refractivity contribution is 6.31. The Balaban J connectivity index is 0.000000921. The van der Waals surface area contributed by atoms with Gasteiger partial charge in [-0.25, -0.2) is 0 Å². The molecule has 2 N–H and O–H groups in total. The van der Waals surface area contributed by atoms with Gasteiger partial charge >= 0.3 is 0 Å². The number of rotatable bonds is 4. The Morgan fingerprint density at radius 1 is 1.11 bits per heavy atom. The highest BCUT2D eigenvalue weighted by atomic mass is 35.5. The van der Waals surface area contributed by atoms with Gasteiger partial charge < -0.3 is 19.7 Å². The van der Waals surface area contributed by atoms with Crippen molar-refractivity contribution in [2.24, 2.45) is 0 Å². The van der Waals surface area contributed by atoms with Crippen LogP contribution < -0.4 is 4.74 Å². The molecule has 1 fully saturated rings. The first-order valence-corrected chi connectivity index (χ1v) is 9.45. The van der Waals surface area contributed by atoms with Crippen LogP contribution in [0.3, 0.4) is 0 Å². The van der Waals surface area contributed by atoms with E-state index in [4.69, 9.17) is 26.2 Å². The molecule has 2 aromatic carbocycles. The van der Waals surface area contributed by atoms with Gasteiger partial charge in [-0.2, -0.15) is 0 Å². The number of halogens is 1. The number of hydrogen-bond donors (Lipinski definition) is 2. The van der Waals surface area contributed by atoms with E-state index >= 15 is 0 Å². The maximum Gasteiger partial charge on any atom is 0.118 e. The molecule has 1 aliphatic rings. The van der Waals surface area contributed by atoms with E-state index in [2.05, 4.69) is 18.9 Å². The molecule has 3 rings (SSSR count). The van der Waals surface area contributed by atoms with Crippen LogP contribution in [0.25, 0.3) is 0 Å². The molecule has 152 valence electrons. The molecule has 0 radical (unpaired) electrons. The van der Waals surface area contributed by atoms with Crippen molar-refractivity contribution in [3.8, 4) is 18.6 Å². The SMILES string of the molecule is C#C.CO.COc1ccc(Cc2cc([C@H]3C[C@@H](O)C[C@@H](C)O3)ccc2Cl)cc1. The summed E-state index contributed by atoms with van der Waals surface area (Å²) in [6.07, 6.45) is 9.77. The van der Waals surface area contributed by atoms with Gasteiger partial charge in [0.15, 0.2) is 0 Å². The molecule has 2 aromatic rings. The zero-order chi connectivity index (χ0) is 21.1. The molecule has 28 heavy (non-hydrogen) atoms. The monoisotopic (exact) mass is 404 g/mol. The third-order valence-corrected chi connectivity index (χ3v) is 4.85. The summed E-state index contributed by atoms with van der Waals surface area (Å²) >= 11 is 6.39. The number of hydrogen-bond acceptors (Lipinski definition) is 4. The summed E-state index contributed by atoms with van der Waals surface area (Å²) < 4.78 is 11.2. The van der Waals surface area contributed by atoms with E-state index in [1.54, 1.807) is 7.11 Å². The smallest absolute Gasteiger partial charge is 0.118 e. The normalized spacial score (nSPS) is 20.8. The van der Waals surface area contributed by atoms with Gasteiger partial charge in [0.1, 0.15) is 5.75 Å². The third-order valence-electron chi connectivity index (χ3n) is 4.48. The van der Waals surface area contributed by atoms with E-state index in [0.29, 0.717) is 12.8 Å². The predicted octanol–water partition coefficient (Wildman–Crippen LogP) is 4.40. The number of methoxy groups -OCH3 is 1. The van der Waals surface area contributed by atoms with Crippen molar-refractivity contribution in [1.82, 2.24) is 0 Å². The lowest BCUT2D eigenvalue weighted by Gasteiger charge is -2.31. The maximum atomic E-state index is 10.0. The molecule has 0 saturated carbocycles. The van der Waals surface area contributed by atoms with Crippen LogP contribution in [0, 0.1) is 12.8 Å². The number of ether oxygens (including phenoxy) is 2. The van der Waals surface area contributed by atoms with Crippen LogP contribution in [-0.2, 0) is 11.2 Å². The van der Waals surface area contributed by atoms with Crippen molar-refractivity contribution < 1.29 is 19.7 Å². The second-order valence-corrected chi connectivity index (χ2v) is 6.84. The largest absolute Gasteiger partial charge is 0.497 e. The van der Waals surface area contributed by atoms with Crippen LogP contribution in [0.15, 0.2) is 42.5 Å². The lowest BCUT2D eigenvalue weighted by Crippen LogP contribution is -2.29. The van der Waals surface area contributed by atoms with Crippen LogP contribution in [0.4, 0.5) is 0 Å². The Bertz CT molecular complexity index is 717. The molecule has 1 heterocycles. The Morgan fingerprint density at radius 3 is 2.32 bits per heavy atom. The molecular formula is C23H29ClO4. The molecule has 0 aliphatic carbocycles. The van der Waals surface area contributed by atoms with E-state index in [0.717, 1.165) is 35.4 Å². The van der Waals surface area contributed by atoms with E-state index in [1.807, 2.05) is 43.3 Å². The van der Waals surface area contributed by atoms with Gasteiger partial charge in [-0.3, -0.25) is 0 Å². The van der Waals surface area contributed by atoms with Gasteiger partial charge in [-0.1, -0.05) is 35.9 Å². The van der Waals surface area contributed by atoms with Crippen LogP contribution in [0.5, 0.6) is 5.75 Å². The Hall–Kier alpha value is -2.03. The highest BCUT2D eigenvalue weighted by Gasteiger charge is 2.27. The molecule has 0 bridgehead atoms. The number of aliphatic hydroxyl groups excluding tert-OH is 2. The van der Waals surface area contributed by atoms with Gasteiger partial charge in [0.05, 0.1) is 25.4 Å². The molecule has 3 atom stereocenters. The number of aliphatic hydroxyl groups is 2. The van der Waals surface area contributed by atoms with Crippen molar-refractivity contribution >= 4 is 11.6 Å². The van der Waals surface area contributed by atoms with Gasteiger partial charge in [0.25, 0.3) is 0 Å². The summed E-state index contributed by atoms with van der Waals surface area (Å²) in [7, 11) is 2.66. The lowest BCUT2D eigenvalue weighted by atomic mass is 9.94. The molecule has 1 saturated heterocycles. The molecule has 0 unspecified atom stereocenters. The zero-order valence-corrected chi connectivity index (χ0v) is 17.4. The van der Waals surface area contributed by atoms with Crippen LogP contribution in [-0.4, -0.2) is 36.6 Å². The molecule has 0 amide bonds. The average Bonchev–Trinajstić information content (AvgIpc) is 2.72. The first kappa shape index (κ1) is 24.0. The van der Waals surface area contributed by atoms with Crippen LogP contribution in [0.1, 0.15) is 42.6 Å². The molecular weight excluding hydrogens is 376 g/mol. The van der Waals surface area contributed by atoms with Gasteiger partial charge in [0, 0.05) is 18.6 Å². The second-order valence-electron chi connectivity index (χ2n) is 6.44. The summed E-state index contributed by atoms with van der Waals surface area (Å²) in [5, 5.41) is 17.8. The first-order valence-electron chi connectivity index (χ1n) is 9.08. The van der Waals surface area contributed by atoms with Crippen molar-refractivity contribution in [2.45, 2.75) is 44.5 Å². The molecule has 0 spiro atoms. The van der Waals surface area contributed by atoms with Gasteiger partial charge in [-0.05, 0) is 54.7 Å². The summed E-state index contributed by atoms with van der Waals surface area (Å²) in [6.45, 7) is 2.00. The minimum absolute atomic E-state index is 0.0690. The van der Waals surface area contributed by atoms with Crippen molar-refractivity contribution in [2.75, 3.05) is 14.2 Å². The predicted molar refractivity (Wildman–Crippen MR) is 114 cm³/mol. The molecule has 4 nitrogen and oxygen atoms in total. The fourth-order valence-electron chi connectivity index (χ4n) is 3.23. The summed E-state index contributed by atoms with van der Waals surface area (Å²) in [4.78, 5) is 0. The summed E-state index contributed by atoms with van der Waals surface area (Å²) in [6, 6.07) is 14.0. The van der Waals surface area contributed by atoms with Gasteiger partial charge in [-0.15, -0.1) is 12.8 Å². The maximum absolute atomic E-state index is 10.0. The Labute approximate surface area is 173 Å². The standard InChI is InChI=1S/C20H23ClO3.C2H2.CH4O/c1-13-9-17(22)12-20(24-13)15-5-8-19(21)16(11-15)10-14-3-6-18(23-2)7-4-14;2*1-2/h3-8,11,13,17,20,22H,9-10,12H2,1-2H3;1-2H;2H,1H3/t13-,17+,20-;;/m1../s1. The topological polar surface area (TPSA) is 58.9 Å². The Morgan fingerprint density at radius 2 is 1.75 bits per heavy atom. The molecule has 5 heteroatoms. The van der Waals surface area contributed by atoms with E-state index in [1.165, 1.54) is 5.56 Å². The van der Waals surface area contributed by atoms with Crippen molar-refractivity contribution in [3.63, 3.8) is 0 Å². The Kier molecular flexibility index (Phi) is 10.7. The summed E-state index contributed by atoms with van der Waals surface area (Å²) in [5.41, 5.74) is 3.32. The summed E-state index contributed by atoms with van der Waals surface area (Å²) in [5.74, 6) is 0.845. The minimum atomic E-state index is -0.306. The minimum Gasteiger partial charge on any atom is -0.497 e. The van der Waals surface area contributed by atoms with Crippen molar-refractivity contribution in [1.29, 1.82) is 0 Å². The van der Waals surface area contributed by atoms with Gasteiger partial charge in [0.2, 0.25) is 0 Å². The molecule has 0 aromatic heterocycles. The first-order chi connectivity index (χ1) is 13.5. The van der Waals surface area contributed by atoms with E-state index in [9.17, 15) is 5.11 Å². The number of benzene rings is 2. The third kappa shape index (κ3) is 6.85. The van der Waals surface area contributed by atoms with E-state index in [-0.39, 0.29) is 18.3 Å². The number of terminal acetylenes is 1. The average molecular weight is 405 g/mol. The fraction of sp³-hybridized carbons (Fsp3) is 0.391. The second kappa shape index (κ2) is 12.4. The lowest BCUT2D eigenvalue weighted by molar-refractivity contribution is -0.0895. The quantitative estimate of drug-likeness (QED) is 0.741. The van der Waals surface area contributed by atoms with E-state index < -0.39 is 0 Å². The van der Waals surface area contributed by atoms with Crippen LogP contribution in [0.2, 0.25) is 5.02 Å². The van der Waals surface area contributed by atoms with Crippen molar-refractivity contribution in [3.05, 3.63) is 64.2 Å². The highest BCUT2D eigenvalue weighted by Crippen LogP contribution is 2.33. The zero-order valence-electron chi connectivity index (χ0n) is 16.6. The molecule has 1 aliphatic heterocycles. The van der Waals surface area contributed by atoms with Crippen LogP contribution >= 0.6 is 11.6 Å². The fourth-order valence-corrected chi connectivity index (χ4v) is 3.41.